The van der Waals surface area contributed by atoms with Crippen molar-refractivity contribution >= 4 is 11.1 Å². The standard InChI is InChI=1S/C4H11NO2S/c1-5-3-2-4-8(6)7/h5H,2-4H2,1H3,(H,6,7)/p+1. The van der Waals surface area contributed by atoms with Crippen LogP contribution in [0, 0.1) is 0 Å². The van der Waals surface area contributed by atoms with Crippen molar-refractivity contribution < 1.29 is 8.76 Å². The van der Waals surface area contributed by atoms with Crippen molar-refractivity contribution in [1.82, 2.24) is 5.32 Å². The molecule has 1 atom stereocenters. The van der Waals surface area contributed by atoms with Gasteiger partial charge in [0, 0.05) is 6.42 Å². The Labute approximate surface area is 51.8 Å². The summed E-state index contributed by atoms with van der Waals surface area (Å²) in [6.07, 6.45) is 0.780. The second kappa shape index (κ2) is 5.21. The summed E-state index contributed by atoms with van der Waals surface area (Å²) in [5.41, 5.74) is 0. The first-order chi connectivity index (χ1) is 3.77. The highest BCUT2D eigenvalue weighted by Crippen LogP contribution is 1.79. The van der Waals surface area contributed by atoms with Crippen molar-refractivity contribution in [3.05, 3.63) is 0 Å². The first-order valence-electron chi connectivity index (χ1n) is 2.55. The van der Waals surface area contributed by atoms with Gasteiger partial charge in [-0.2, -0.15) is 4.55 Å². The quantitative estimate of drug-likeness (QED) is 0.320. The normalized spacial score (nSPS) is 13.8. The highest BCUT2D eigenvalue weighted by molar-refractivity contribution is 7.79. The molecule has 0 radical (unpaired) electrons. The maximum atomic E-state index is 9.99. The largest absolute Gasteiger partial charge is 0.320 e. The van der Waals surface area contributed by atoms with Crippen LogP contribution in [0.15, 0.2) is 0 Å². The van der Waals surface area contributed by atoms with Gasteiger partial charge in [0.15, 0.2) is 0 Å². The third-order valence-electron chi connectivity index (χ3n) is 0.776. The Morgan fingerprint density at radius 2 is 2.38 bits per heavy atom. The van der Waals surface area contributed by atoms with Crippen molar-refractivity contribution in [2.75, 3.05) is 19.3 Å². The number of nitrogens with one attached hydrogen (secondary N) is 1. The highest BCUT2D eigenvalue weighted by Gasteiger charge is 1.95. The minimum Gasteiger partial charge on any atom is -0.320 e. The van der Waals surface area contributed by atoms with Crippen LogP contribution >= 0.6 is 0 Å². The summed E-state index contributed by atoms with van der Waals surface area (Å²) in [4.78, 5) is 0. The Balaban J connectivity index is 2.82. The average molecular weight is 138 g/mol. The number of rotatable bonds is 4. The number of thiol groups is 1. The zero-order chi connectivity index (χ0) is 6.41. The van der Waals surface area contributed by atoms with Crippen LogP contribution in [0.4, 0.5) is 0 Å². The fourth-order valence-corrected chi connectivity index (χ4v) is 0.820. The smallest absolute Gasteiger partial charge is 0.201 e. The Bertz CT molecular complexity index is 76.4. The lowest BCUT2D eigenvalue weighted by Gasteiger charge is -1.89. The van der Waals surface area contributed by atoms with E-state index in [1.54, 1.807) is 0 Å². The maximum absolute atomic E-state index is 9.99. The predicted octanol–water partition coefficient (Wildman–Crippen LogP) is -0.235. The third kappa shape index (κ3) is 6.07. The first-order valence-corrected chi connectivity index (χ1v) is 3.95. The lowest BCUT2D eigenvalue weighted by atomic mass is 10.5. The van der Waals surface area contributed by atoms with Crippen molar-refractivity contribution in [2.45, 2.75) is 6.42 Å². The summed E-state index contributed by atoms with van der Waals surface area (Å²) in [6, 6.07) is 0. The minimum atomic E-state index is -1.90. The molecular weight excluding hydrogens is 126 g/mol. The summed E-state index contributed by atoms with van der Waals surface area (Å²) in [6.45, 7) is 0.821. The fraction of sp³-hybridized carbons (Fsp3) is 1.00. The van der Waals surface area contributed by atoms with Gasteiger partial charge in [0.1, 0.15) is 5.75 Å². The van der Waals surface area contributed by atoms with Crippen molar-refractivity contribution in [1.29, 1.82) is 0 Å². The molecule has 0 rings (SSSR count). The van der Waals surface area contributed by atoms with Gasteiger partial charge in [-0.1, -0.05) is 4.21 Å². The topological polar surface area (TPSA) is 49.3 Å². The van der Waals surface area contributed by atoms with E-state index >= 15 is 0 Å². The molecule has 0 amide bonds. The van der Waals surface area contributed by atoms with Gasteiger partial charge in [-0.05, 0) is 13.6 Å². The van der Waals surface area contributed by atoms with E-state index in [9.17, 15) is 4.21 Å². The van der Waals surface area contributed by atoms with Gasteiger partial charge in [-0.15, -0.1) is 0 Å². The summed E-state index contributed by atoms with van der Waals surface area (Å²) in [7, 11) is 1.82. The average Bonchev–Trinajstić information content (AvgIpc) is 1.66. The number of hydrogen-bond donors (Lipinski definition) is 2. The van der Waals surface area contributed by atoms with Crippen LogP contribution < -0.4 is 5.32 Å². The van der Waals surface area contributed by atoms with Gasteiger partial charge in [-0.25, -0.2) is 0 Å². The van der Waals surface area contributed by atoms with E-state index < -0.39 is 11.1 Å². The third-order valence-corrected chi connectivity index (χ3v) is 1.47. The fourth-order valence-electron chi connectivity index (χ4n) is 0.391. The Hall–Kier alpha value is 0.0700. The summed E-state index contributed by atoms with van der Waals surface area (Å²) >= 11 is -1.90. The van der Waals surface area contributed by atoms with E-state index in [4.69, 9.17) is 4.55 Å². The zero-order valence-electron chi connectivity index (χ0n) is 4.92. The molecule has 0 aromatic carbocycles. The predicted molar refractivity (Wildman–Crippen MR) is 35.5 cm³/mol. The van der Waals surface area contributed by atoms with E-state index in [0.29, 0.717) is 5.75 Å². The summed E-state index contributed by atoms with van der Waals surface area (Å²) in [5, 5.41) is 2.88. The second-order valence-electron chi connectivity index (χ2n) is 1.53. The van der Waals surface area contributed by atoms with E-state index in [1.807, 2.05) is 7.05 Å². The van der Waals surface area contributed by atoms with Crippen molar-refractivity contribution in [3.8, 4) is 0 Å². The number of hydrogen-bond acceptors (Lipinski definition) is 2. The van der Waals surface area contributed by atoms with Gasteiger partial charge in [0.25, 0.3) is 0 Å². The Kier molecular flexibility index (Phi) is 5.26. The molecule has 0 aliphatic heterocycles. The van der Waals surface area contributed by atoms with E-state index in [2.05, 4.69) is 5.32 Å². The molecule has 0 saturated carbocycles. The first kappa shape index (κ1) is 8.07. The van der Waals surface area contributed by atoms with E-state index in [-0.39, 0.29) is 0 Å². The molecule has 0 saturated heterocycles. The molecule has 0 spiro atoms. The van der Waals surface area contributed by atoms with Crippen molar-refractivity contribution in [2.24, 2.45) is 0 Å². The molecule has 1 unspecified atom stereocenters. The highest BCUT2D eigenvalue weighted by atomic mass is 32.2. The molecule has 8 heavy (non-hydrogen) atoms. The molecule has 50 valence electrons. The molecule has 0 bridgehead atoms. The van der Waals surface area contributed by atoms with Crippen LogP contribution in [-0.4, -0.2) is 23.9 Å². The zero-order valence-corrected chi connectivity index (χ0v) is 5.82. The van der Waals surface area contributed by atoms with Gasteiger partial charge in [-0.3, -0.25) is 0 Å². The van der Waals surface area contributed by atoms with Gasteiger partial charge in [0.05, 0.1) is 0 Å². The van der Waals surface area contributed by atoms with Crippen LogP contribution in [0.25, 0.3) is 0 Å². The summed E-state index contributed by atoms with van der Waals surface area (Å²) < 4.78 is 18.3. The van der Waals surface area contributed by atoms with E-state index in [0.717, 1.165) is 13.0 Å². The van der Waals surface area contributed by atoms with Crippen molar-refractivity contribution in [3.63, 3.8) is 0 Å². The second-order valence-corrected chi connectivity index (χ2v) is 2.68. The lowest BCUT2D eigenvalue weighted by Crippen LogP contribution is -2.10. The maximum Gasteiger partial charge on any atom is 0.201 e. The van der Waals surface area contributed by atoms with Gasteiger partial charge < -0.3 is 5.32 Å². The Morgan fingerprint density at radius 3 is 2.75 bits per heavy atom. The molecule has 2 N–H and O–H groups in total. The summed E-state index contributed by atoms with van der Waals surface area (Å²) in [5.74, 6) is 0.413. The van der Waals surface area contributed by atoms with E-state index in [1.165, 1.54) is 0 Å². The van der Waals surface area contributed by atoms with Crippen LogP contribution in [0.1, 0.15) is 6.42 Å². The minimum absolute atomic E-state index is 0.413. The molecule has 0 aliphatic rings. The lowest BCUT2D eigenvalue weighted by molar-refractivity contribution is 0.516. The monoisotopic (exact) mass is 138 g/mol. The van der Waals surface area contributed by atoms with Gasteiger partial charge >= 0.3 is 0 Å². The molecule has 0 aromatic heterocycles. The van der Waals surface area contributed by atoms with Crippen LogP contribution in [-0.2, 0) is 15.3 Å². The molecule has 3 nitrogen and oxygen atoms in total. The molecule has 0 fully saturated rings. The Morgan fingerprint density at radius 1 is 1.75 bits per heavy atom. The molecular formula is C4H12NO2S+. The molecule has 0 aromatic rings. The molecule has 0 heterocycles. The molecule has 0 aliphatic carbocycles. The molecule has 4 heteroatoms. The van der Waals surface area contributed by atoms with Gasteiger partial charge in [0.2, 0.25) is 11.1 Å². The van der Waals surface area contributed by atoms with Crippen LogP contribution in [0.3, 0.4) is 0 Å². The van der Waals surface area contributed by atoms with Crippen LogP contribution in [0.2, 0.25) is 0 Å². The van der Waals surface area contributed by atoms with Crippen LogP contribution in [0.5, 0.6) is 0 Å². The SMILES string of the molecule is CNCCC[SH+](=O)O.